The van der Waals surface area contributed by atoms with E-state index >= 15 is 0 Å². The number of nitriles is 4. The van der Waals surface area contributed by atoms with E-state index in [-0.39, 0.29) is 35.4 Å². The summed E-state index contributed by atoms with van der Waals surface area (Å²) >= 11 is 0. The molecule has 8 atom stereocenters. The summed E-state index contributed by atoms with van der Waals surface area (Å²) in [4.78, 5) is 11.7. The van der Waals surface area contributed by atoms with Crippen LogP contribution in [-0.4, -0.2) is 45.5 Å². The molecule has 0 amide bonds. The summed E-state index contributed by atoms with van der Waals surface area (Å²) in [5.41, 5.74) is 0.167. The molecule has 0 unspecified atom stereocenters. The van der Waals surface area contributed by atoms with Crippen molar-refractivity contribution in [3.8, 4) is 24.3 Å². The van der Waals surface area contributed by atoms with Gasteiger partial charge in [0.25, 0.3) is 0 Å². The van der Waals surface area contributed by atoms with E-state index in [1.54, 1.807) is 0 Å². The van der Waals surface area contributed by atoms with Gasteiger partial charge in [0.1, 0.15) is 0 Å². The highest BCUT2D eigenvalue weighted by atomic mass is 16.7. The van der Waals surface area contributed by atoms with Crippen LogP contribution < -0.4 is 0 Å². The van der Waals surface area contributed by atoms with Crippen molar-refractivity contribution in [2.45, 2.75) is 125 Å². The first-order chi connectivity index (χ1) is 16.6. The summed E-state index contributed by atoms with van der Waals surface area (Å²) in [5.74, 6) is 0.739. The smallest absolute Gasteiger partial charge is 0.170 e. The van der Waals surface area contributed by atoms with Crippen LogP contribution in [0.15, 0.2) is 0 Å². The van der Waals surface area contributed by atoms with Gasteiger partial charge in [-0.1, -0.05) is 12.8 Å². The zero-order valence-corrected chi connectivity index (χ0v) is 19.9. The second kappa shape index (κ2) is 9.45. The van der Waals surface area contributed by atoms with E-state index in [0.717, 1.165) is 51.4 Å². The van der Waals surface area contributed by atoms with Crippen molar-refractivity contribution in [2.75, 3.05) is 0 Å². The lowest BCUT2D eigenvalue weighted by Gasteiger charge is -2.44. The van der Waals surface area contributed by atoms with E-state index in [1.165, 1.54) is 25.7 Å². The fourth-order valence-electron chi connectivity index (χ4n) is 8.25. The molecule has 2 aliphatic carbocycles. The van der Waals surface area contributed by atoms with Crippen LogP contribution in [0.5, 0.6) is 0 Å². The molecule has 0 radical (unpaired) electrons. The van der Waals surface area contributed by atoms with Gasteiger partial charge in [-0.25, -0.2) is 0 Å². The molecule has 0 aromatic rings. The fourth-order valence-corrected chi connectivity index (χ4v) is 8.25. The van der Waals surface area contributed by atoms with E-state index in [9.17, 15) is 10.5 Å². The van der Waals surface area contributed by atoms with Crippen molar-refractivity contribution in [3.05, 3.63) is 0 Å². The summed E-state index contributed by atoms with van der Waals surface area (Å²) in [6.45, 7) is 0. The molecule has 8 nitrogen and oxygen atoms in total. The van der Waals surface area contributed by atoms with Gasteiger partial charge in [-0.15, -0.1) is 0 Å². The molecule has 4 heterocycles. The van der Waals surface area contributed by atoms with Gasteiger partial charge in [-0.3, -0.25) is 9.68 Å². The molecule has 0 aromatic heterocycles. The Labute approximate surface area is 202 Å². The molecule has 180 valence electrons. The second-order valence-corrected chi connectivity index (χ2v) is 11.0. The maximum atomic E-state index is 9.21. The Kier molecular flexibility index (Phi) is 6.54. The fraction of sp³-hybridized carbons (Fsp3) is 0.846. The minimum atomic E-state index is -0.281. The molecule has 0 bridgehead atoms. The Bertz CT molecular complexity index is 869. The van der Waals surface area contributed by atoms with Crippen LogP contribution in [0.3, 0.4) is 0 Å². The summed E-state index contributed by atoms with van der Waals surface area (Å²) in [6.07, 6.45) is 14.0. The average Bonchev–Trinajstić information content (AvgIpc) is 3.57. The van der Waals surface area contributed by atoms with E-state index in [4.69, 9.17) is 20.2 Å². The molecule has 0 aromatic carbocycles. The van der Waals surface area contributed by atoms with Crippen LogP contribution in [0.1, 0.15) is 89.9 Å². The molecule has 6 rings (SSSR count). The van der Waals surface area contributed by atoms with Crippen molar-refractivity contribution < 1.29 is 9.68 Å². The molecule has 4 aliphatic heterocycles. The van der Waals surface area contributed by atoms with Crippen LogP contribution in [0.25, 0.3) is 0 Å². The predicted molar refractivity (Wildman–Crippen MR) is 121 cm³/mol. The first-order valence-corrected chi connectivity index (χ1v) is 13.1. The number of hydrogen-bond acceptors (Lipinski definition) is 8. The lowest BCUT2D eigenvalue weighted by atomic mass is 9.76. The van der Waals surface area contributed by atoms with E-state index < -0.39 is 0 Å². The third-order valence-electron chi connectivity index (χ3n) is 9.56. The van der Waals surface area contributed by atoms with Crippen molar-refractivity contribution in [1.29, 1.82) is 21.0 Å². The van der Waals surface area contributed by atoms with Gasteiger partial charge in [0.15, 0.2) is 12.2 Å². The third kappa shape index (κ3) is 3.52. The number of hydroxylamine groups is 4. The van der Waals surface area contributed by atoms with Crippen LogP contribution >= 0.6 is 0 Å². The quantitative estimate of drug-likeness (QED) is 0.597. The molecule has 2 saturated carbocycles. The molecular formula is C26H34N6O2. The van der Waals surface area contributed by atoms with Gasteiger partial charge < -0.3 is 0 Å². The Morgan fingerprint density at radius 3 is 1.35 bits per heavy atom. The van der Waals surface area contributed by atoms with Crippen LogP contribution in [0.2, 0.25) is 0 Å². The zero-order chi connectivity index (χ0) is 23.8. The van der Waals surface area contributed by atoms with E-state index in [2.05, 4.69) is 34.4 Å². The zero-order valence-electron chi connectivity index (χ0n) is 19.9. The van der Waals surface area contributed by atoms with Gasteiger partial charge >= 0.3 is 0 Å². The monoisotopic (exact) mass is 462 g/mol. The Hall–Kier alpha value is -2.20. The van der Waals surface area contributed by atoms with Gasteiger partial charge in [0.2, 0.25) is 0 Å². The molecule has 2 spiro atoms. The number of rotatable bonds is 2. The molecular weight excluding hydrogens is 428 g/mol. The first-order valence-electron chi connectivity index (χ1n) is 13.1. The molecule has 6 fully saturated rings. The number of nitrogens with zero attached hydrogens (tertiary/aromatic N) is 6. The maximum absolute atomic E-state index is 9.21. The highest BCUT2D eigenvalue weighted by Crippen LogP contribution is 2.55. The summed E-state index contributed by atoms with van der Waals surface area (Å²) in [6, 6.07) is 9.52. The Balaban J connectivity index is 0.000000142. The van der Waals surface area contributed by atoms with Crippen molar-refractivity contribution in [2.24, 2.45) is 11.8 Å². The topological polar surface area (TPSA) is 120 Å². The maximum Gasteiger partial charge on any atom is 0.170 e. The molecule has 6 aliphatic rings. The highest BCUT2D eigenvalue weighted by Gasteiger charge is 2.61. The second-order valence-electron chi connectivity index (χ2n) is 11.0. The number of piperidine rings is 2. The molecule has 0 N–H and O–H groups in total. The van der Waals surface area contributed by atoms with Crippen molar-refractivity contribution in [3.63, 3.8) is 0 Å². The lowest BCUT2D eigenvalue weighted by molar-refractivity contribution is -0.219. The molecule has 4 saturated heterocycles. The minimum Gasteiger partial charge on any atom is -0.279 e. The largest absolute Gasteiger partial charge is 0.279 e. The van der Waals surface area contributed by atoms with Crippen LogP contribution in [0.4, 0.5) is 0 Å². The van der Waals surface area contributed by atoms with Gasteiger partial charge in [0.05, 0.1) is 48.2 Å². The van der Waals surface area contributed by atoms with Crippen LogP contribution in [-0.2, 0) is 9.68 Å². The van der Waals surface area contributed by atoms with E-state index in [0.29, 0.717) is 24.7 Å². The van der Waals surface area contributed by atoms with E-state index in [1.807, 2.05) is 0 Å². The summed E-state index contributed by atoms with van der Waals surface area (Å²) < 4.78 is 0. The third-order valence-corrected chi connectivity index (χ3v) is 9.56. The molecule has 8 heteroatoms. The average molecular weight is 463 g/mol. The van der Waals surface area contributed by atoms with Gasteiger partial charge in [-0.2, -0.15) is 31.2 Å². The van der Waals surface area contributed by atoms with Crippen molar-refractivity contribution in [1.82, 2.24) is 10.1 Å². The summed E-state index contributed by atoms with van der Waals surface area (Å²) in [5, 5.41) is 40.3. The first kappa shape index (κ1) is 23.5. The Morgan fingerprint density at radius 1 is 0.618 bits per heavy atom. The highest BCUT2D eigenvalue weighted by molar-refractivity contribution is 5.14. The van der Waals surface area contributed by atoms with Crippen LogP contribution in [0, 0.1) is 57.2 Å². The normalized spacial score (nSPS) is 44.7. The number of hydrogen-bond donors (Lipinski definition) is 0. The summed E-state index contributed by atoms with van der Waals surface area (Å²) in [7, 11) is 0. The SMILES string of the molecule is N#CC[C@@H]1CCC[C@@]23CCC[C@@H]2[C@H](C#N)ON13.N#CC[C@H]1CCC[C@]23CCC[C@H]2[C@@H](C#N)ON13. The standard InChI is InChI=1S/2C13H17N3O/c2*14-8-5-10-3-1-6-13-7-2-4-11(13)12(9-15)17-16(10)13/h2*10-12H,1-7H2/t2*10-,11+,12-,13+/m10/s1. The van der Waals surface area contributed by atoms with Gasteiger partial charge in [-0.05, 0) is 64.2 Å². The predicted octanol–water partition coefficient (Wildman–Crippen LogP) is 4.26. The lowest BCUT2D eigenvalue weighted by Crippen LogP contribution is -2.52. The molecule has 34 heavy (non-hydrogen) atoms. The Morgan fingerprint density at radius 2 is 1.00 bits per heavy atom. The van der Waals surface area contributed by atoms with Crippen molar-refractivity contribution >= 4 is 0 Å². The minimum absolute atomic E-state index is 0.0835. The van der Waals surface area contributed by atoms with Gasteiger partial charge in [0, 0.05) is 23.9 Å².